The molecule has 0 spiro atoms. The van der Waals surface area contributed by atoms with Crippen LogP contribution < -0.4 is 15.6 Å². The van der Waals surface area contributed by atoms with E-state index in [1.165, 1.54) is 0 Å². The standard InChI is InChI=1S/C23H18N4O5/c28-21(31-15-27-23(30)19-8-4-5-9-20(19)25-26-27)14-24-22(29)16-10-12-18(13-11-16)32-17-6-2-1-3-7-17/h1-13H,14-15H2,(H,24,29). The molecule has 0 atom stereocenters. The van der Waals surface area contributed by atoms with Crippen molar-refractivity contribution in [2.75, 3.05) is 6.54 Å². The lowest BCUT2D eigenvalue weighted by atomic mass is 10.2. The molecule has 0 saturated heterocycles. The zero-order chi connectivity index (χ0) is 22.3. The molecule has 0 aliphatic carbocycles. The van der Waals surface area contributed by atoms with Gasteiger partial charge in [-0.25, -0.2) is 0 Å². The van der Waals surface area contributed by atoms with Gasteiger partial charge in [0.05, 0.1) is 5.39 Å². The molecule has 0 saturated carbocycles. The molecule has 0 radical (unpaired) electrons. The molecule has 0 aliphatic heterocycles. The van der Waals surface area contributed by atoms with Crippen molar-refractivity contribution in [3.8, 4) is 11.5 Å². The number of amides is 1. The van der Waals surface area contributed by atoms with Crippen LogP contribution >= 0.6 is 0 Å². The molecule has 0 fully saturated rings. The largest absolute Gasteiger partial charge is 0.457 e. The fourth-order valence-corrected chi connectivity index (χ4v) is 2.85. The Morgan fingerprint density at radius 3 is 2.34 bits per heavy atom. The monoisotopic (exact) mass is 430 g/mol. The second kappa shape index (κ2) is 9.52. The van der Waals surface area contributed by atoms with Crippen molar-refractivity contribution in [3.63, 3.8) is 0 Å². The van der Waals surface area contributed by atoms with E-state index in [0.717, 1.165) is 4.68 Å². The number of carbonyl (C=O) groups excluding carboxylic acids is 2. The number of esters is 1. The van der Waals surface area contributed by atoms with Gasteiger partial charge in [0.2, 0.25) is 0 Å². The summed E-state index contributed by atoms with van der Waals surface area (Å²) in [6.45, 7) is -0.770. The molecular formula is C23H18N4O5. The van der Waals surface area contributed by atoms with Crippen molar-refractivity contribution >= 4 is 22.8 Å². The predicted octanol–water partition coefficient (Wildman–Crippen LogP) is 2.51. The van der Waals surface area contributed by atoms with Crippen LogP contribution in [0.5, 0.6) is 11.5 Å². The highest BCUT2D eigenvalue weighted by molar-refractivity contribution is 5.96. The van der Waals surface area contributed by atoms with E-state index in [-0.39, 0.29) is 6.54 Å². The van der Waals surface area contributed by atoms with Gasteiger partial charge < -0.3 is 14.8 Å². The van der Waals surface area contributed by atoms with E-state index in [2.05, 4.69) is 15.6 Å². The fourth-order valence-electron chi connectivity index (χ4n) is 2.85. The highest BCUT2D eigenvalue weighted by atomic mass is 16.5. The van der Waals surface area contributed by atoms with Gasteiger partial charge in [0.15, 0.2) is 6.73 Å². The average Bonchev–Trinajstić information content (AvgIpc) is 2.83. The number of hydrogen-bond acceptors (Lipinski definition) is 7. The first-order valence-corrected chi connectivity index (χ1v) is 9.69. The van der Waals surface area contributed by atoms with Crippen molar-refractivity contribution < 1.29 is 19.1 Å². The Labute approximate surface area is 182 Å². The summed E-state index contributed by atoms with van der Waals surface area (Å²) in [6, 6.07) is 22.5. The molecule has 1 heterocycles. The number of para-hydroxylation sites is 1. The first-order chi connectivity index (χ1) is 15.6. The Morgan fingerprint density at radius 1 is 0.875 bits per heavy atom. The van der Waals surface area contributed by atoms with E-state index in [9.17, 15) is 14.4 Å². The molecule has 1 aromatic heterocycles. The SMILES string of the molecule is O=C(CNC(=O)c1ccc(Oc2ccccc2)cc1)OCn1nnc2ccccc2c1=O. The number of carbonyl (C=O) groups is 2. The van der Waals surface area contributed by atoms with Gasteiger partial charge >= 0.3 is 5.97 Å². The van der Waals surface area contributed by atoms with Gasteiger partial charge in [-0.05, 0) is 48.5 Å². The Balaban J connectivity index is 1.28. The number of aromatic nitrogens is 3. The van der Waals surface area contributed by atoms with E-state index < -0.39 is 24.2 Å². The van der Waals surface area contributed by atoms with Gasteiger partial charge in [-0.2, -0.15) is 4.68 Å². The third-order valence-corrected chi connectivity index (χ3v) is 4.47. The van der Waals surface area contributed by atoms with Gasteiger partial charge in [0.25, 0.3) is 11.5 Å². The number of rotatable bonds is 7. The smallest absolute Gasteiger partial charge is 0.327 e. The quantitative estimate of drug-likeness (QED) is 0.448. The van der Waals surface area contributed by atoms with Crippen LogP contribution in [-0.4, -0.2) is 33.4 Å². The minimum Gasteiger partial charge on any atom is -0.457 e. The number of nitrogens with zero attached hydrogens (tertiary/aromatic N) is 3. The van der Waals surface area contributed by atoms with E-state index >= 15 is 0 Å². The third-order valence-electron chi connectivity index (χ3n) is 4.47. The minimum atomic E-state index is -0.718. The zero-order valence-corrected chi connectivity index (χ0v) is 16.8. The van der Waals surface area contributed by atoms with Gasteiger partial charge in [0.1, 0.15) is 23.6 Å². The fraction of sp³-hybridized carbons (Fsp3) is 0.0870. The van der Waals surface area contributed by atoms with E-state index in [4.69, 9.17) is 9.47 Å². The highest BCUT2D eigenvalue weighted by Gasteiger charge is 2.11. The van der Waals surface area contributed by atoms with Crippen molar-refractivity contribution in [3.05, 3.63) is 94.8 Å². The number of ether oxygens (including phenoxy) is 2. The molecule has 32 heavy (non-hydrogen) atoms. The van der Waals surface area contributed by atoms with Crippen LogP contribution in [0.4, 0.5) is 0 Å². The van der Waals surface area contributed by atoms with E-state index in [1.54, 1.807) is 48.5 Å². The minimum absolute atomic E-state index is 0.356. The molecule has 3 aromatic carbocycles. The van der Waals surface area contributed by atoms with Crippen LogP contribution in [0.15, 0.2) is 83.7 Å². The third kappa shape index (κ3) is 4.96. The number of fused-ring (bicyclic) bond motifs is 1. The summed E-state index contributed by atoms with van der Waals surface area (Å²) in [5.74, 6) is 0.0943. The molecule has 1 amide bonds. The number of nitrogens with one attached hydrogen (secondary N) is 1. The molecule has 0 unspecified atom stereocenters. The maximum absolute atomic E-state index is 12.3. The molecule has 0 bridgehead atoms. The lowest BCUT2D eigenvalue weighted by Crippen LogP contribution is -2.32. The molecule has 4 aromatic rings. The van der Waals surface area contributed by atoms with E-state index in [1.807, 2.05) is 30.3 Å². The molecule has 1 N–H and O–H groups in total. The van der Waals surface area contributed by atoms with Crippen molar-refractivity contribution in [2.45, 2.75) is 6.73 Å². The van der Waals surface area contributed by atoms with Crippen LogP contribution in [0.2, 0.25) is 0 Å². The molecule has 9 heteroatoms. The summed E-state index contributed by atoms with van der Waals surface area (Å²) >= 11 is 0. The second-order valence-corrected chi connectivity index (χ2v) is 6.68. The van der Waals surface area contributed by atoms with E-state index in [0.29, 0.717) is 28.0 Å². The van der Waals surface area contributed by atoms with Crippen molar-refractivity contribution in [1.29, 1.82) is 0 Å². The van der Waals surface area contributed by atoms with Crippen molar-refractivity contribution in [1.82, 2.24) is 20.3 Å². The molecule has 0 aliphatic rings. The summed E-state index contributed by atoms with van der Waals surface area (Å²) in [5.41, 5.74) is 0.382. The Morgan fingerprint density at radius 2 is 1.56 bits per heavy atom. The lowest BCUT2D eigenvalue weighted by molar-refractivity contribution is -0.146. The predicted molar refractivity (Wildman–Crippen MR) is 115 cm³/mol. The van der Waals surface area contributed by atoms with Crippen LogP contribution in [0, 0.1) is 0 Å². The summed E-state index contributed by atoms with van der Waals surface area (Å²) in [5, 5.41) is 10.5. The number of hydrogen-bond donors (Lipinski definition) is 1. The first-order valence-electron chi connectivity index (χ1n) is 9.69. The topological polar surface area (TPSA) is 112 Å². The first kappa shape index (κ1) is 20.7. The lowest BCUT2D eigenvalue weighted by Gasteiger charge is -2.09. The van der Waals surface area contributed by atoms with Crippen LogP contribution in [0.25, 0.3) is 10.9 Å². The summed E-state index contributed by atoms with van der Waals surface area (Å²) < 4.78 is 11.6. The Kier molecular flexibility index (Phi) is 6.17. The van der Waals surface area contributed by atoms with Crippen LogP contribution in [0.1, 0.15) is 10.4 Å². The molecular weight excluding hydrogens is 412 g/mol. The van der Waals surface area contributed by atoms with Crippen LogP contribution in [-0.2, 0) is 16.3 Å². The van der Waals surface area contributed by atoms with Crippen molar-refractivity contribution in [2.24, 2.45) is 0 Å². The van der Waals surface area contributed by atoms with Gasteiger partial charge in [-0.1, -0.05) is 35.5 Å². The van der Waals surface area contributed by atoms with Crippen LogP contribution in [0.3, 0.4) is 0 Å². The summed E-state index contributed by atoms with van der Waals surface area (Å²) in [6.07, 6.45) is 0. The maximum Gasteiger partial charge on any atom is 0.327 e. The normalized spacial score (nSPS) is 10.5. The van der Waals surface area contributed by atoms with Gasteiger partial charge in [-0.3, -0.25) is 14.4 Å². The summed E-state index contributed by atoms with van der Waals surface area (Å²) in [4.78, 5) is 36.5. The van der Waals surface area contributed by atoms with Gasteiger partial charge in [0, 0.05) is 5.56 Å². The summed E-state index contributed by atoms with van der Waals surface area (Å²) in [7, 11) is 0. The highest BCUT2D eigenvalue weighted by Crippen LogP contribution is 2.21. The second-order valence-electron chi connectivity index (χ2n) is 6.68. The van der Waals surface area contributed by atoms with Gasteiger partial charge in [-0.15, -0.1) is 5.10 Å². The zero-order valence-electron chi connectivity index (χ0n) is 16.8. The average molecular weight is 430 g/mol. The maximum atomic E-state index is 12.3. The molecule has 4 rings (SSSR count). The molecule has 160 valence electrons. The Bertz CT molecular complexity index is 1300. The molecule has 9 nitrogen and oxygen atoms in total. The Hall–Kier alpha value is -4.53. The number of benzene rings is 3.